The molecule has 2 rings (SSSR count). The van der Waals surface area contributed by atoms with Gasteiger partial charge < -0.3 is 5.32 Å². The molecule has 4 nitrogen and oxygen atoms in total. The highest BCUT2D eigenvalue weighted by Crippen LogP contribution is 2.27. The monoisotopic (exact) mass is 292 g/mol. The van der Waals surface area contributed by atoms with E-state index in [-0.39, 0.29) is 17.6 Å². The minimum absolute atomic E-state index is 0.134. The van der Waals surface area contributed by atoms with E-state index >= 15 is 0 Å². The van der Waals surface area contributed by atoms with Crippen molar-refractivity contribution in [2.75, 3.05) is 4.90 Å². The minimum Gasteiger partial charge on any atom is -0.342 e. The van der Waals surface area contributed by atoms with Crippen molar-refractivity contribution in [1.82, 2.24) is 5.32 Å². The maximum absolute atomic E-state index is 13.3. The van der Waals surface area contributed by atoms with Crippen LogP contribution in [0.5, 0.6) is 0 Å². The maximum Gasteiger partial charge on any atom is 0.250 e. The first-order chi connectivity index (χ1) is 9.81. The maximum atomic E-state index is 13.3. The Morgan fingerprint density at radius 2 is 2.00 bits per heavy atom. The third kappa shape index (κ3) is 3.06. The average molecular weight is 292 g/mol. The Kier molecular flexibility index (Phi) is 4.30. The molecule has 1 saturated heterocycles. The number of halogens is 1. The number of rotatable bonds is 3. The summed E-state index contributed by atoms with van der Waals surface area (Å²) in [6.07, 6.45) is 0.591. The standard InChI is InChI=1S/C16H21FN2O2/c1-9(2)7-13-16(21)19(11(4)15(20)18-13)14-6-5-12(17)8-10(14)3/h5-6,8-9,11,13H,7H2,1-4H3,(H,18,20). The van der Waals surface area contributed by atoms with Gasteiger partial charge in [0.05, 0.1) is 0 Å². The molecule has 0 spiro atoms. The van der Waals surface area contributed by atoms with Gasteiger partial charge in [-0.3, -0.25) is 14.5 Å². The van der Waals surface area contributed by atoms with Crippen molar-refractivity contribution >= 4 is 17.5 Å². The first-order valence-electron chi connectivity index (χ1n) is 7.21. The molecule has 21 heavy (non-hydrogen) atoms. The van der Waals surface area contributed by atoms with E-state index in [2.05, 4.69) is 5.32 Å². The molecule has 1 aliphatic rings. The molecule has 1 aromatic carbocycles. The lowest BCUT2D eigenvalue weighted by atomic mass is 9.98. The Morgan fingerprint density at radius 1 is 1.33 bits per heavy atom. The van der Waals surface area contributed by atoms with E-state index in [0.717, 1.165) is 0 Å². The van der Waals surface area contributed by atoms with Crippen LogP contribution in [0, 0.1) is 18.7 Å². The molecule has 114 valence electrons. The highest BCUT2D eigenvalue weighted by Gasteiger charge is 2.39. The van der Waals surface area contributed by atoms with Crippen LogP contribution in [0.3, 0.4) is 0 Å². The number of carbonyl (C=O) groups excluding carboxylic acids is 2. The van der Waals surface area contributed by atoms with Gasteiger partial charge in [-0.2, -0.15) is 0 Å². The third-order valence-corrected chi connectivity index (χ3v) is 3.74. The van der Waals surface area contributed by atoms with Gasteiger partial charge in [0.25, 0.3) is 0 Å². The van der Waals surface area contributed by atoms with Crippen molar-refractivity contribution in [3.05, 3.63) is 29.6 Å². The van der Waals surface area contributed by atoms with Crippen LogP contribution in [0.15, 0.2) is 18.2 Å². The van der Waals surface area contributed by atoms with Gasteiger partial charge in [-0.25, -0.2) is 4.39 Å². The minimum atomic E-state index is -0.593. The van der Waals surface area contributed by atoms with Gasteiger partial charge in [0.2, 0.25) is 11.8 Å². The van der Waals surface area contributed by atoms with Gasteiger partial charge in [-0.1, -0.05) is 13.8 Å². The predicted octanol–water partition coefficient (Wildman–Crippen LogP) is 2.40. The fourth-order valence-corrected chi connectivity index (χ4v) is 2.68. The Labute approximate surface area is 124 Å². The van der Waals surface area contributed by atoms with Gasteiger partial charge in [-0.15, -0.1) is 0 Å². The molecule has 1 aliphatic heterocycles. The van der Waals surface area contributed by atoms with E-state index in [0.29, 0.717) is 23.6 Å². The number of hydrogen-bond donors (Lipinski definition) is 1. The summed E-state index contributed by atoms with van der Waals surface area (Å²) in [7, 11) is 0. The summed E-state index contributed by atoms with van der Waals surface area (Å²) in [4.78, 5) is 26.3. The van der Waals surface area contributed by atoms with Crippen LogP contribution in [0.2, 0.25) is 0 Å². The van der Waals surface area contributed by atoms with Crippen molar-refractivity contribution in [2.24, 2.45) is 5.92 Å². The smallest absolute Gasteiger partial charge is 0.250 e. The molecule has 0 bridgehead atoms. The number of anilines is 1. The number of aryl methyl sites for hydroxylation is 1. The Bertz CT molecular complexity index is 571. The van der Waals surface area contributed by atoms with E-state index in [1.54, 1.807) is 19.9 Å². The molecular weight excluding hydrogens is 271 g/mol. The summed E-state index contributed by atoms with van der Waals surface area (Å²) in [5, 5.41) is 2.77. The van der Waals surface area contributed by atoms with E-state index in [1.807, 2.05) is 13.8 Å². The molecule has 2 atom stereocenters. The largest absolute Gasteiger partial charge is 0.342 e. The van der Waals surface area contributed by atoms with Crippen molar-refractivity contribution in [3.63, 3.8) is 0 Å². The third-order valence-electron chi connectivity index (χ3n) is 3.74. The first kappa shape index (κ1) is 15.5. The molecule has 0 saturated carbocycles. The van der Waals surface area contributed by atoms with Gasteiger partial charge in [0, 0.05) is 5.69 Å². The summed E-state index contributed by atoms with van der Waals surface area (Å²) >= 11 is 0. The predicted molar refractivity (Wildman–Crippen MR) is 79.5 cm³/mol. The van der Waals surface area contributed by atoms with Crippen molar-refractivity contribution in [1.29, 1.82) is 0 Å². The molecule has 1 fully saturated rings. The molecule has 1 N–H and O–H groups in total. The van der Waals surface area contributed by atoms with E-state index < -0.39 is 12.1 Å². The SMILES string of the molecule is Cc1cc(F)ccc1N1C(=O)C(CC(C)C)NC(=O)C1C. The molecule has 1 heterocycles. The Balaban J connectivity index is 2.38. The topological polar surface area (TPSA) is 49.4 Å². The fourth-order valence-electron chi connectivity index (χ4n) is 2.68. The zero-order valence-electron chi connectivity index (χ0n) is 12.8. The lowest BCUT2D eigenvalue weighted by Gasteiger charge is -2.38. The van der Waals surface area contributed by atoms with Crippen LogP contribution in [-0.2, 0) is 9.59 Å². The quantitative estimate of drug-likeness (QED) is 0.930. The highest BCUT2D eigenvalue weighted by atomic mass is 19.1. The number of carbonyl (C=O) groups is 2. The lowest BCUT2D eigenvalue weighted by molar-refractivity contribution is -0.133. The van der Waals surface area contributed by atoms with Crippen LogP contribution < -0.4 is 10.2 Å². The fraction of sp³-hybridized carbons (Fsp3) is 0.500. The van der Waals surface area contributed by atoms with Crippen molar-refractivity contribution in [3.8, 4) is 0 Å². The number of hydrogen-bond acceptors (Lipinski definition) is 2. The van der Waals surface area contributed by atoms with Crippen LogP contribution in [0.4, 0.5) is 10.1 Å². The van der Waals surface area contributed by atoms with Crippen LogP contribution in [-0.4, -0.2) is 23.9 Å². The number of piperazine rings is 1. The van der Waals surface area contributed by atoms with Gasteiger partial charge >= 0.3 is 0 Å². The summed E-state index contributed by atoms with van der Waals surface area (Å²) in [6.45, 7) is 7.43. The second-order valence-corrected chi connectivity index (χ2v) is 6.01. The number of amides is 2. The molecule has 2 unspecified atom stereocenters. The molecule has 0 radical (unpaired) electrons. The van der Waals surface area contributed by atoms with Crippen LogP contribution in [0.25, 0.3) is 0 Å². The lowest BCUT2D eigenvalue weighted by Crippen LogP contribution is -2.63. The van der Waals surface area contributed by atoms with Gasteiger partial charge in [0.15, 0.2) is 0 Å². The van der Waals surface area contributed by atoms with Crippen LogP contribution >= 0.6 is 0 Å². The van der Waals surface area contributed by atoms with E-state index in [4.69, 9.17) is 0 Å². The zero-order chi connectivity index (χ0) is 15.7. The van der Waals surface area contributed by atoms with Crippen LogP contribution in [0.1, 0.15) is 32.8 Å². The van der Waals surface area contributed by atoms with E-state index in [1.165, 1.54) is 17.0 Å². The first-order valence-corrected chi connectivity index (χ1v) is 7.21. The van der Waals surface area contributed by atoms with Crippen molar-refractivity contribution < 1.29 is 14.0 Å². The second-order valence-electron chi connectivity index (χ2n) is 6.01. The number of nitrogens with zero attached hydrogens (tertiary/aromatic N) is 1. The molecule has 2 amide bonds. The number of nitrogens with one attached hydrogen (secondary N) is 1. The summed E-state index contributed by atoms with van der Waals surface area (Å²) in [6, 6.07) is 3.14. The summed E-state index contributed by atoms with van der Waals surface area (Å²) in [5.41, 5.74) is 1.24. The number of benzene rings is 1. The average Bonchev–Trinajstić information content (AvgIpc) is 2.38. The molecule has 0 aliphatic carbocycles. The molecule has 0 aromatic heterocycles. The van der Waals surface area contributed by atoms with E-state index in [9.17, 15) is 14.0 Å². The summed E-state index contributed by atoms with van der Waals surface area (Å²) < 4.78 is 13.3. The Morgan fingerprint density at radius 3 is 2.57 bits per heavy atom. The van der Waals surface area contributed by atoms with Crippen molar-refractivity contribution in [2.45, 2.75) is 46.2 Å². The van der Waals surface area contributed by atoms with Gasteiger partial charge in [-0.05, 0) is 49.9 Å². The molecule has 1 aromatic rings. The summed E-state index contributed by atoms with van der Waals surface area (Å²) in [5.74, 6) is -0.366. The zero-order valence-corrected chi connectivity index (χ0v) is 12.8. The molecular formula is C16H21FN2O2. The molecule has 5 heteroatoms. The normalized spacial score (nSPS) is 22.7. The van der Waals surface area contributed by atoms with Gasteiger partial charge in [0.1, 0.15) is 17.9 Å². The second kappa shape index (κ2) is 5.84. The Hall–Kier alpha value is -1.91. The highest BCUT2D eigenvalue weighted by molar-refractivity contribution is 6.08.